The lowest BCUT2D eigenvalue weighted by molar-refractivity contribution is 1.39. The molecule has 0 aliphatic heterocycles. The van der Waals surface area contributed by atoms with E-state index < -0.39 is 48.6 Å². The zero-order valence-electron chi connectivity index (χ0n) is 13.6. The first-order chi connectivity index (χ1) is 7.89. The van der Waals surface area contributed by atoms with Crippen LogP contribution in [0.5, 0.6) is 0 Å². The first kappa shape index (κ1) is 1.36. The second-order valence-electron chi connectivity index (χ2n) is 1.54. The molecule has 1 aromatic carbocycles. The van der Waals surface area contributed by atoms with E-state index >= 15 is 0 Å². The molecule has 0 spiro atoms. The minimum atomic E-state index is -2.80. The summed E-state index contributed by atoms with van der Waals surface area (Å²) in [7, 11) is 0. The summed E-state index contributed by atoms with van der Waals surface area (Å²) in [5, 5.41) is 0. The third-order valence-electron chi connectivity index (χ3n) is 0.914. The molecule has 1 aromatic rings. The van der Waals surface area contributed by atoms with E-state index in [1.54, 1.807) is 0 Å². The summed E-state index contributed by atoms with van der Waals surface area (Å²) in [6.07, 6.45) is 0. The average Bonchev–Trinajstić information content (AvgIpc) is 2.09. The Bertz CT molecular complexity index is 444. The van der Waals surface area contributed by atoms with E-state index in [0.29, 0.717) is 0 Å². The third-order valence-corrected chi connectivity index (χ3v) is 0.914. The minimum Gasteiger partial charge on any atom is -0.398 e. The molecule has 0 aliphatic carbocycles. The first-order valence-electron chi connectivity index (χ1n) is 6.79. The number of nitrogen functional groups attached to an aromatic ring is 1. The van der Waals surface area contributed by atoms with E-state index in [1.807, 2.05) is 0 Å². The molecule has 0 amide bonds. The molecule has 1 heteroatoms. The Morgan fingerprint density at radius 3 is 2.44 bits per heavy atom. The molecule has 0 bridgehead atoms. The van der Waals surface area contributed by atoms with Crippen molar-refractivity contribution in [1.82, 2.24) is 0 Å². The largest absolute Gasteiger partial charge is 0.398 e. The summed E-state index contributed by atoms with van der Waals surface area (Å²) >= 11 is 0. The van der Waals surface area contributed by atoms with Crippen LogP contribution in [-0.4, -0.2) is 0 Å². The maximum atomic E-state index is 7.50. The molecule has 0 saturated carbocycles. The zero-order valence-corrected chi connectivity index (χ0v) is 4.58. The molecule has 0 unspecified atom stereocenters. The minimum absolute atomic E-state index is 0.624. The van der Waals surface area contributed by atoms with Crippen LogP contribution in [0.1, 0.15) is 23.5 Å². The highest BCUT2D eigenvalue weighted by Gasteiger charge is 1.92. The summed E-state index contributed by atoms with van der Waals surface area (Å²) in [4.78, 5) is 0. The molecule has 1 nitrogen and oxygen atoms in total. The van der Waals surface area contributed by atoms with Crippen molar-refractivity contribution in [2.45, 2.75) is 13.7 Å². The van der Waals surface area contributed by atoms with Crippen molar-refractivity contribution in [2.24, 2.45) is 0 Å². The maximum absolute atomic E-state index is 7.50. The molecule has 0 fully saturated rings. The Morgan fingerprint density at radius 2 is 2.00 bits per heavy atom. The lowest BCUT2D eigenvalue weighted by Gasteiger charge is -2.00. The number of anilines is 1. The van der Waals surface area contributed by atoms with E-state index in [0.717, 1.165) is 0 Å². The molecule has 0 aliphatic rings. The van der Waals surface area contributed by atoms with Gasteiger partial charge in [-0.25, -0.2) is 0 Å². The second-order valence-corrected chi connectivity index (χ2v) is 1.54. The molecular formula is C8H11N. The predicted molar refractivity (Wildman–Crippen MR) is 40.3 cm³/mol. The topological polar surface area (TPSA) is 26.0 Å². The highest BCUT2D eigenvalue weighted by molar-refractivity contribution is 5.52. The van der Waals surface area contributed by atoms with Crippen LogP contribution in [0.2, 0.25) is 0 Å². The highest BCUT2D eigenvalue weighted by Crippen LogP contribution is 2.13. The Balaban J connectivity index is 3.83. The van der Waals surface area contributed by atoms with Gasteiger partial charge >= 0.3 is 0 Å². The summed E-state index contributed by atoms with van der Waals surface area (Å²) < 4.78 is 65.8. The predicted octanol–water partition coefficient (Wildman–Crippen LogP) is 1.89. The molecule has 2 N–H and O–H groups in total. The van der Waals surface area contributed by atoms with Gasteiger partial charge in [-0.3, -0.25) is 0 Å². The second kappa shape index (κ2) is 2.09. The lowest BCUT2D eigenvalue weighted by atomic mass is 10.1. The Hall–Kier alpha value is -0.980. The standard InChI is InChI=1S/C8H11N/c1-6-4-3-5-7(2)8(6)9/h3-5H,9H2,1-2H3/i1D3,2D3,3D,4D,5D. The number of rotatable bonds is 0. The Morgan fingerprint density at radius 1 is 1.44 bits per heavy atom. The van der Waals surface area contributed by atoms with Crippen LogP contribution in [-0.2, 0) is 0 Å². The van der Waals surface area contributed by atoms with Gasteiger partial charge in [-0.05, 0) is 24.8 Å². The van der Waals surface area contributed by atoms with Gasteiger partial charge in [0, 0.05) is 13.9 Å². The number of benzene rings is 1. The van der Waals surface area contributed by atoms with Gasteiger partial charge in [0.1, 0.15) is 0 Å². The van der Waals surface area contributed by atoms with Crippen LogP contribution >= 0.6 is 0 Å². The average molecular weight is 130 g/mol. The van der Waals surface area contributed by atoms with Crippen LogP contribution in [0.3, 0.4) is 0 Å². The molecule has 48 valence electrons. The summed E-state index contributed by atoms with van der Waals surface area (Å²) in [5.74, 6) is 0. The van der Waals surface area contributed by atoms with Gasteiger partial charge in [0.2, 0.25) is 0 Å². The monoisotopic (exact) mass is 130 g/mol. The van der Waals surface area contributed by atoms with E-state index in [-0.39, 0.29) is 0 Å². The Kier molecular flexibility index (Phi) is 0.318. The van der Waals surface area contributed by atoms with Crippen LogP contribution in [0.25, 0.3) is 0 Å². The van der Waals surface area contributed by atoms with Crippen LogP contribution in [0.15, 0.2) is 18.1 Å². The molecule has 9 heavy (non-hydrogen) atoms. The molecule has 0 atom stereocenters. The SMILES string of the molecule is [2H]c1c([2H])c(C([2H])([2H])[2H])c(N)c(C([2H])([2H])[2H])c1[2H]. The third kappa shape index (κ3) is 1.04. The van der Waals surface area contributed by atoms with Gasteiger partial charge in [0.15, 0.2) is 0 Å². The fraction of sp³-hybridized carbons (Fsp3) is 0.250. The Labute approximate surface area is 68.1 Å². The summed E-state index contributed by atoms with van der Waals surface area (Å²) in [6.45, 7) is -5.60. The summed E-state index contributed by atoms with van der Waals surface area (Å²) in [6, 6.07) is -2.21. The maximum Gasteiger partial charge on any atom is 0.0626 e. The fourth-order valence-electron chi connectivity index (χ4n) is 0.416. The molecule has 0 radical (unpaired) electrons. The van der Waals surface area contributed by atoms with E-state index in [2.05, 4.69) is 0 Å². The van der Waals surface area contributed by atoms with Crippen molar-refractivity contribution in [3.63, 3.8) is 0 Å². The van der Waals surface area contributed by atoms with Crippen molar-refractivity contribution in [3.8, 4) is 0 Å². The van der Waals surface area contributed by atoms with Gasteiger partial charge in [-0.15, -0.1) is 0 Å². The zero-order chi connectivity index (χ0) is 14.5. The molecule has 0 aromatic heterocycles. The quantitative estimate of drug-likeness (QED) is 0.533. The van der Waals surface area contributed by atoms with Gasteiger partial charge < -0.3 is 5.73 Å². The van der Waals surface area contributed by atoms with E-state index in [1.165, 1.54) is 0 Å². The summed E-state index contributed by atoms with van der Waals surface area (Å²) in [5.41, 5.74) is 3.49. The van der Waals surface area contributed by atoms with Crippen molar-refractivity contribution in [2.75, 3.05) is 5.73 Å². The molecule has 1 rings (SSSR count). The van der Waals surface area contributed by atoms with Crippen LogP contribution in [0, 0.1) is 13.7 Å². The number of hydrogen-bond donors (Lipinski definition) is 1. The van der Waals surface area contributed by atoms with Crippen molar-refractivity contribution in [1.29, 1.82) is 0 Å². The lowest BCUT2D eigenvalue weighted by Crippen LogP contribution is -1.91. The molecular weight excluding hydrogens is 110 g/mol. The van der Waals surface area contributed by atoms with Gasteiger partial charge in [-0.1, -0.05) is 18.1 Å². The van der Waals surface area contributed by atoms with Gasteiger partial charge in [0.25, 0.3) is 0 Å². The van der Waals surface area contributed by atoms with Gasteiger partial charge in [0.05, 0.1) is 4.11 Å². The van der Waals surface area contributed by atoms with Crippen molar-refractivity contribution < 1.29 is 12.3 Å². The number of nitrogens with two attached hydrogens (primary N) is 1. The molecule has 0 heterocycles. The van der Waals surface area contributed by atoms with Crippen molar-refractivity contribution >= 4 is 5.69 Å². The number of hydrogen-bond acceptors (Lipinski definition) is 1. The number of para-hydroxylation sites is 1. The van der Waals surface area contributed by atoms with E-state index in [9.17, 15) is 0 Å². The first-order valence-corrected chi connectivity index (χ1v) is 2.29. The van der Waals surface area contributed by atoms with Gasteiger partial charge in [-0.2, -0.15) is 0 Å². The van der Waals surface area contributed by atoms with Crippen LogP contribution in [0.4, 0.5) is 5.69 Å². The molecule has 0 saturated heterocycles. The van der Waals surface area contributed by atoms with E-state index in [4.69, 9.17) is 18.1 Å². The smallest absolute Gasteiger partial charge is 0.0626 e. The fourth-order valence-corrected chi connectivity index (χ4v) is 0.416. The van der Waals surface area contributed by atoms with Crippen molar-refractivity contribution in [3.05, 3.63) is 29.3 Å². The highest BCUT2D eigenvalue weighted by atomic mass is 14.6. The normalized spacial score (nSPS) is 26.9. The van der Waals surface area contributed by atoms with Crippen LogP contribution < -0.4 is 5.73 Å².